The molecular weight excluding hydrogens is 382 g/mol. The summed E-state index contributed by atoms with van der Waals surface area (Å²) in [4.78, 5) is 36.7. The summed E-state index contributed by atoms with van der Waals surface area (Å²) < 4.78 is 10.8. The molecule has 152 valence electrons. The highest BCUT2D eigenvalue weighted by atomic mass is 16.6. The Morgan fingerprint density at radius 2 is 1.17 bits per heavy atom. The van der Waals surface area contributed by atoms with Crippen molar-refractivity contribution in [2.45, 2.75) is 12.8 Å². The van der Waals surface area contributed by atoms with Crippen LogP contribution in [0.4, 0.5) is 0 Å². The number of benzene rings is 3. The number of rotatable bonds is 8. The van der Waals surface area contributed by atoms with Crippen LogP contribution in [0.5, 0.6) is 11.5 Å². The van der Waals surface area contributed by atoms with E-state index in [4.69, 9.17) is 15.2 Å². The molecule has 30 heavy (non-hydrogen) atoms. The number of carbonyl (C=O) groups excluding carboxylic acids is 3. The van der Waals surface area contributed by atoms with E-state index >= 15 is 0 Å². The Balaban J connectivity index is 1.78. The first-order valence-electron chi connectivity index (χ1n) is 9.41. The van der Waals surface area contributed by atoms with E-state index in [2.05, 4.69) is 0 Å². The zero-order valence-corrected chi connectivity index (χ0v) is 16.2. The van der Waals surface area contributed by atoms with Gasteiger partial charge in [0.1, 0.15) is 0 Å². The molecule has 0 aliphatic rings. The minimum atomic E-state index is -0.543. The Morgan fingerprint density at radius 3 is 1.67 bits per heavy atom. The van der Waals surface area contributed by atoms with Crippen molar-refractivity contribution in [2.24, 2.45) is 5.73 Å². The maximum absolute atomic E-state index is 12.4. The fourth-order valence-corrected chi connectivity index (χ4v) is 2.81. The number of hydrogen-bond acceptors (Lipinski definition) is 6. The second-order valence-corrected chi connectivity index (χ2v) is 6.56. The summed E-state index contributed by atoms with van der Waals surface area (Å²) in [5.41, 5.74) is 7.26. The summed E-state index contributed by atoms with van der Waals surface area (Å²) in [6.07, 6.45) is 0.0923. The summed E-state index contributed by atoms with van der Waals surface area (Å²) >= 11 is 0. The number of Topliss-reactive ketones (excluding diaryl/α,β-unsaturated/α-hetero) is 1. The van der Waals surface area contributed by atoms with Crippen LogP contribution < -0.4 is 15.2 Å². The first-order valence-corrected chi connectivity index (χ1v) is 9.41. The van der Waals surface area contributed by atoms with Crippen molar-refractivity contribution in [2.75, 3.05) is 6.54 Å². The minimum Gasteiger partial charge on any atom is -0.422 e. The van der Waals surface area contributed by atoms with E-state index in [-0.39, 0.29) is 42.2 Å². The summed E-state index contributed by atoms with van der Waals surface area (Å²) in [5.74, 6) is -1.32. The molecule has 0 bridgehead atoms. The Bertz CT molecular complexity index is 1030. The molecule has 0 atom stereocenters. The van der Waals surface area contributed by atoms with Crippen LogP contribution in [-0.4, -0.2) is 24.3 Å². The van der Waals surface area contributed by atoms with Crippen LogP contribution in [0.25, 0.3) is 0 Å². The molecule has 0 aliphatic heterocycles. The van der Waals surface area contributed by atoms with Crippen LogP contribution >= 0.6 is 0 Å². The first-order chi connectivity index (χ1) is 14.5. The maximum atomic E-state index is 12.4. The van der Waals surface area contributed by atoms with Gasteiger partial charge in [0, 0.05) is 5.56 Å². The van der Waals surface area contributed by atoms with E-state index in [9.17, 15) is 14.4 Å². The van der Waals surface area contributed by atoms with Crippen molar-refractivity contribution in [3.8, 4) is 11.5 Å². The van der Waals surface area contributed by atoms with E-state index < -0.39 is 11.9 Å². The normalized spacial score (nSPS) is 10.3. The zero-order valence-electron chi connectivity index (χ0n) is 16.2. The predicted molar refractivity (Wildman–Crippen MR) is 111 cm³/mol. The fourth-order valence-electron chi connectivity index (χ4n) is 2.81. The third-order valence-corrected chi connectivity index (χ3v) is 4.28. The molecule has 0 fully saturated rings. The van der Waals surface area contributed by atoms with E-state index in [1.165, 1.54) is 18.2 Å². The third-order valence-electron chi connectivity index (χ3n) is 4.28. The zero-order chi connectivity index (χ0) is 21.3. The Kier molecular flexibility index (Phi) is 7.08. The van der Waals surface area contributed by atoms with Gasteiger partial charge in [0.25, 0.3) is 0 Å². The lowest BCUT2D eigenvalue weighted by Crippen LogP contribution is -2.17. The van der Waals surface area contributed by atoms with E-state index in [1.807, 2.05) is 48.5 Å². The molecule has 0 saturated carbocycles. The summed E-state index contributed by atoms with van der Waals surface area (Å²) in [6, 6.07) is 22.5. The molecule has 0 aromatic heterocycles. The quantitative estimate of drug-likeness (QED) is 0.353. The minimum absolute atomic E-state index is 0.00311. The topological polar surface area (TPSA) is 95.7 Å². The summed E-state index contributed by atoms with van der Waals surface area (Å²) in [7, 11) is 0. The average Bonchev–Trinajstić information content (AvgIpc) is 2.75. The number of esters is 2. The van der Waals surface area contributed by atoms with Crippen molar-refractivity contribution in [3.05, 3.63) is 95.6 Å². The predicted octanol–water partition coefficient (Wildman–Crippen LogP) is 3.12. The van der Waals surface area contributed by atoms with Crippen LogP contribution in [0.1, 0.15) is 21.5 Å². The van der Waals surface area contributed by atoms with Crippen molar-refractivity contribution in [1.82, 2.24) is 0 Å². The molecule has 6 nitrogen and oxygen atoms in total. The van der Waals surface area contributed by atoms with Gasteiger partial charge in [-0.1, -0.05) is 60.7 Å². The van der Waals surface area contributed by atoms with E-state index in [0.29, 0.717) is 0 Å². The maximum Gasteiger partial charge on any atom is 0.315 e. The second-order valence-electron chi connectivity index (χ2n) is 6.56. The van der Waals surface area contributed by atoms with Gasteiger partial charge >= 0.3 is 11.9 Å². The molecular formula is C24H21NO5. The molecule has 0 unspecified atom stereocenters. The van der Waals surface area contributed by atoms with Crippen molar-refractivity contribution in [3.63, 3.8) is 0 Å². The molecule has 0 heterocycles. The van der Waals surface area contributed by atoms with Crippen molar-refractivity contribution < 1.29 is 23.9 Å². The third kappa shape index (κ3) is 5.86. The van der Waals surface area contributed by atoms with Crippen LogP contribution in [0.2, 0.25) is 0 Å². The lowest BCUT2D eigenvalue weighted by Gasteiger charge is -2.12. The highest BCUT2D eigenvalue weighted by Crippen LogP contribution is 2.29. The molecule has 0 spiro atoms. The number of ketones is 1. The van der Waals surface area contributed by atoms with Gasteiger partial charge in [0.15, 0.2) is 17.3 Å². The van der Waals surface area contributed by atoms with Gasteiger partial charge in [-0.2, -0.15) is 0 Å². The summed E-state index contributed by atoms with van der Waals surface area (Å²) in [6.45, 7) is -0.190. The molecule has 6 heteroatoms. The molecule has 0 aliphatic carbocycles. The van der Waals surface area contributed by atoms with Gasteiger partial charge in [0.2, 0.25) is 0 Å². The Hall–Kier alpha value is -3.77. The van der Waals surface area contributed by atoms with Crippen LogP contribution in [0.3, 0.4) is 0 Å². The average molecular weight is 403 g/mol. The highest BCUT2D eigenvalue weighted by Gasteiger charge is 2.17. The SMILES string of the molecule is NCC(=O)c1ccc(OC(=O)Cc2ccccc2)c(OC(=O)Cc2ccccc2)c1. The van der Waals surface area contributed by atoms with Gasteiger partial charge in [0.05, 0.1) is 19.4 Å². The number of carbonyl (C=O) groups is 3. The number of nitrogens with two attached hydrogens (primary N) is 1. The molecule has 0 amide bonds. The molecule has 3 aromatic rings. The smallest absolute Gasteiger partial charge is 0.315 e. The van der Waals surface area contributed by atoms with E-state index in [1.54, 1.807) is 12.1 Å². The molecule has 3 aromatic carbocycles. The number of ether oxygens (including phenoxy) is 2. The van der Waals surface area contributed by atoms with Gasteiger partial charge < -0.3 is 15.2 Å². The second kappa shape index (κ2) is 10.1. The van der Waals surface area contributed by atoms with Gasteiger partial charge in [-0.05, 0) is 29.3 Å². The van der Waals surface area contributed by atoms with Crippen LogP contribution in [0, 0.1) is 0 Å². The van der Waals surface area contributed by atoms with Crippen molar-refractivity contribution >= 4 is 17.7 Å². The summed E-state index contributed by atoms with van der Waals surface area (Å²) in [5, 5.41) is 0. The van der Waals surface area contributed by atoms with Crippen molar-refractivity contribution in [1.29, 1.82) is 0 Å². The molecule has 3 rings (SSSR count). The lowest BCUT2D eigenvalue weighted by atomic mass is 10.1. The number of hydrogen-bond donors (Lipinski definition) is 1. The molecule has 0 saturated heterocycles. The van der Waals surface area contributed by atoms with Crippen LogP contribution in [0.15, 0.2) is 78.9 Å². The largest absolute Gasteiger partial charge is 0.422 e. The lowest BCUT2D eigenvalue weighted by molar-refractivity contribution is -0.136. The monoisotopic (exact) mass is 403 g/mol. The Morgan fingerprint density at radius 1 is 0.667 bits per heavy atom. The van der Waals surface area contributed by atoms with E-state index in [0.717, 1.165) is 11.1 Å². The Labute approximate surface area is 174 Å². The molecule has 0 radical (unpaired) electrons. The first kappa shape index (κ1) is 21.0. The standard InChI is InChI=1S/C24H21NO5/c25-16-20(26)19-11-12-21(29-23(27)13-17-7-3-1-4-8-17)22(15-19)30-24(28)14-18-9-5-2-6-10-18/h1-12,15H,13-14,16,25H2. The van der Waals surface area contributed by atoms with Crippen LogP contribution in [-0.2, 0) is 22.4 Å². The van der Waals surface area contributed by atoms with Gasteiger partial charge in [-0.3, -0.25) is 14.4 Å². The van der Waals surface area contributed by atoms with Gasteiger partial charge in [-0.25, -0.2) is 0 Å². The van der Waals surface area contributed by atoms with Gasteiger partial charge in [-0.15, -0.1) is 0 Å². The highest BCUT2D eigenvalue weighted by molar-refractivity contribution is 5.98. The fraction of sp³-hybridized carbons (Fsp3) is 0.125. The molecule has 2 N–H and O–H groups in total.